The highest BCUT2D eigenvalue weighted by Gasteiger charge is 2.31. The molecule has 6 rings (SSSR count). The molecule has 0 radical (unpaired) electrons. The SMILES string of the molecule is CC(NC(=O)c1c(CN2CCN(CC(=O)N3CCOCC3)C(=O)C2)c(-c2cccs2)nc2ccccc12)C1CCCCC1. The van der Waals surface area contributed by atoms with Crippen molar-refractivity contribution in [1.29, 1.82) is 0 Å². The molecule has 228 valence electrons. The number of fused-ring (bicyclic) bond motifs is 1. The molecule has 2 aliphatic heterocycles. The van der Waals surface area contributed by atoms with Crippen LogP contribution in [-0.2, 0) is 20.9 Å². The molecule has 3 aliphatic rings. The maximum absolute atomic E-state index is 14.2. The van der Waals surface area contributed by atoms with E-state index in [9.17, 15) is 14.4 Å². The van der Waals surface area contributed by atoms with Gasteiger partial charge in [0, 0.05) is 49.7 Å². The highest BCUT2D eigenvalue weighted by atomic mass is 32.1. The monoisotopic (exact) mass is 603 g/mol. The molecule has 3 aromatic rings. The Labute approximate surface area is 257 Å². The summed E-state index contributed by atoms with van der Waals surface area (Å²) >= 11 is 1.60. The van der Waals surface area contributed by atoms with Gasteiger partial charge in [-0.25, -0.2) is 4.98 Å². The van der Waals surface area contributed by atoms with E-state index in [1.54, 1.807) is 21.1 Å². The molecule has 1 unspecified atom stereocenters. The molecule has 43 heavy (non-hydrogen) atoms. The van der Waals surface area contributed by atoms with Crippen LogP contribution >= 0.6 is 11.3 Å². The summed E-state index contributed by atoms with van der Waals surface area (Å²) < 4.78 is 5.36. The molecule has 1 aliphatic carbocycles. The number of piperazine rings is 1. The topological polar surface area (TPSA) is 95.1 Å². The molecule has 1 atom stereocenters. The van der Waals surface area contributed by atoms with E-state index in [-0.39, 0.29) is 36.9 Å². The Morgan fingerprint density at radius 1 is 1.05 bits per heavy atom. The lowest BCUT2D eigenvalue weighted by atomic mass is 9.84. The number of benzene rings is 1. The van der Waals surface area contributed by atoms with Crippen molar-refractivity contribution >= 4 is 40.0 Å². The zero-order valence-corrected chi connectivity index (χ0v) is 25.7. The second-order valence-electron chi connectivity index (χ2n) is 12.0. The van der Waals surface area contributed by atoms with Crippen LogP contribution < -0.4 is 5.32 Å². The van der Waals surface area contributed by atoms with Crippen molar-refractivity contribution in [2.75, 3.05) is 52.5 Å². The highest BCUT2D eigenvalue weighted by molar-refractivity contribution is 7.13. The molecule has 1 aromatic carbocycles. The number of morpholine rings is 1. The van der Waals surface area contributed by atoms with Crippen LogP contribution in [0.2, 0.25) is 0 Å². The summed E-state index contributed by atoms with van der Waals surface area (Å²) in [6, 6.07) is 12.0. The smallest absolute Gasteiger partial charge is 0.252 e. The lowest BCUT2D eigenvalue weighted by Gasteiger charge is -2.36. The van der Waals surface area contributed by atoms with Gasteiger partial charge in [0.1, 0.15) is 0 Å². The van der Waals surface area contributed by atoms with Gasteiger partial charge in [0.15, 0.2) is 0 Å². The van der Waals surface area contributed by atoms with Gasteiger partial charge in [0.05, 0.1) is 48.0 Å². The number of carbonyl (C=O) groups excluding carboxylic acids is 3. The Bertz CT molecular complexity index is 1450. The third-order valence-corrected chi connectivity index (χ3v) is 10.0. The predicted octanol–water partition coefficient (Wildman–Crippen LogP) is 4.16. The van der Waals surface area contributed by atoms with Crippen LogP contribution in [0.25, 0.3) is 21.5 Å². The lowest BCUT2D eigenvalue weighted by Crippen LogP contribution is -2.54. The fourth-order valence-electron chi connectivity index (χ4n) is 6.67. The van der Waals surface area contributed by atoms with Crippen LogP contribution in [0.5, 0.6) is 0 Å². The summed E-state index contributed by atoms with van der Waals surface area (Å²) in [6.07, 6.45) is 6.00. The molecule has 3 amide bonds. The first-order chi connectivity index (χ1) is 21.0. The first kappa shape index (κ1) is 29.7. The van der Waals surface area contributed by atoms with Gasteiger partial charge in [0.25, 0.3) is 5.91 Å². The number of nitrogens with zero attached hydrogens (tertiary/aromatic N) is 4. The Hall–Kier alpha value is -3.34. The predicted molar refractivity (Wildman–Crippen MR) is 168 cm³/mol. The quantitative estimate of drug-likeness (QED) is 0.416. The number of thiophene rings is 1. The van der Waals surface area contributed by atoms with Gasteiger partial charge in [0.2, 0.25) is 11.8 Å². The number of hydrogen-bond donors (Lipinski definition) is 1. The van der Waals surface area contributed by atoms with Crippen LogP contribution in [0.4, 0.5) is 0 Å². The molecular weight excluding hydrogens is 562 g/mol. The zero-order chi connectivity index (χ0) is 29.8. The van der Waals surface area contributed by atoms with Crippen LogP contribution in [0, 0.1) is 5.92 Å². The van der Waals surface area contributed by atoms with Crippen LogP contribution in [0.15, 0.2) is 41.8 Å². The van der Waals surface area contributed by atoms with E-state index in [0.29, 0.717) is 57.4 Å². The molecule has 1 N–H and O–H groups in total. The summed E-state index contributed by atoms with van der Waals surface area (Å²) in [4.78, 5) is 51.9. The van der Waals surface area contributed by atoms with Crippen molar-refractivity contribution in [1.82, 2.24) is 25.0 Å². The summed E-state index contributed by atoms with van der Waals surface area (Å²) in [5.74, 6) is 0.300. The average Bonchev–Trinajstić information content (AvgIpc) is 3.58. The van der Waals surface area contributed by atoms with Crippen molar-refractivity contribution in [2.24, 2.45) is 5.92 Å². The van der Waals surface area contributed by atoms with Crippen molar-refractivity contribution < 1.29 is 19.1 Å². The number of nitrogens with one attached hydrogen (secondary N) is 1. The molecule has 2 aromatic heterocycles. The molecule has 10 heteroatoms. The van der Waals surface area contributed by atoms with E-state index >= 15 is 0 Å². The van der Waals surface area contributed by atoms with E-state index in [1.807, 2.05) is 41.8 Å². The highest BCUT2D eigenvalue weighted by Crippen LogP contribution is 2.34. The number of carbonyl (C=O) groups is 3. The number of rotatable bonds is 8. The number of para-hydroxylation sites is 1. The van der Waals surface area contributed by atoms with E-state index in [4.69, 9.17) is 9.72 Å². The Morgan fingerprint density at radius 3 is 2.58 bits per heavy atom. The lowest BCUT2D eigenvalue weighted by molar-refractivity contribution is -0.145. The van der Waals surface area contributed by atoms with Gasteiger partial charge in [-0.15, -0.1) is 11.3 Å². The average molecular weight is 604 g/mol. The number of hydrogen-bond acceptors (Lipinski definition) is 7. The molecule has 0 spiro atoms. The van der Waals surface area contributed by atoms with Crippen LogP contribution in [0.3, 0.4) is 0 Å². The summed E-state index contributed by atoms with van der Waals surface area (Å²) in [5.41, 5.74) is 3.07. The van der Waals surface area contributed by atoms with Gasteiger partial charge in [-0.3, -0.25) is 19.3 Å². The zero-order valence-electron chi connectivity index (χ0n) is 24.9. The summed E-state index contributed by atoms with van der Waals surface area (Å²) in [7, 11) is 0. The van der Waals surface area contributed by atoms with E-state index in [0.717, 1.165) is 39.9 Å². The third-order valence-electron chi connectivity index (χ3n) is 9.16. The first-order valence-corrected chi connectivity index (χ1v) is 16.5. The van der Waals surface area contributed by atoms with Crippen LogP contribution in [-0.4, -0.2) is 95.9 Å². The normalized spacial score (nSPS) is 19.5. The summed E-state index contributed by atoms with van der Waals surface area (Å²) in [5, 5.41) is 6.22. The minimum Gasteiger partial charge on any atom is -0.378 e. The van der Waals surface area contributed by atoms with E-state index < -0.39 is 0 Å². The van der Waals surface area contributed by atoms with Gasteiger partial charge in [-0.2, -0.15) is 0 Å². The molecule has 0 bridgehead atoms. The van der Waals surface area contributed by atoms with Crippen molar-refractivity contribution in [3.8, 4) is 10.6 Å². The molecule has 4 heterocycles. The molecule has 2 saturated heterocycles. The Kier molecular flexibility index (Phi) is 9.35. The molecule has 1 saturated carbocycles. The number of pyridine rings is 1. The van der Waals surface area contributed by atoms with Gasteiger partial charge >= 0.3 is 0 Å². The van der Waals surface area contributed by atoms with E-state index in [1.165, 1.54) is 19.3 Å². The van der Waals surface area contributed by atoms with Crippen molar-refractivity contribution in [2.45, 2.75) is 51.6 Å². The first-order valence-electron chi connectivity index (χ1n) is 15.6. The fourth-order valence-corrected chi connectivity index (χ4v) is 7.41. The van der Waals surface area contributed by atoms with Gasteiger partial charge in [-0.05, 0) is 43.2 Å². The second kappa shape index (κ2) is 13.5. The minimum atomic E-state index is -0.0782. The van der Waals surface area contributed by atoms with Crippen LogP contribution in [0.1, 0.15) is 54.9 Å². The largest absolute Gasteiger partial charge is 0.378 e. The van der Waals surface area contributed by atoms with Crippen molar-refractivity contribution in [3.05, 3.63) is 52.9 Å². The number of amides is 3. The Balaban J connectivity index is 1.27. The maximum atomic E-state index is 14.2. The van der Waals surface area contributed by atoms with Crippen molar-refractivity contribution in [3.63, 3.8) is 0 Å². The number of aromatic nitrogens is 1. The van der Waals surface area contributed by atoms with Gasteiger partial charge < -0.3 is 19.9 Å². The Morgan fingerprint density at radius 2 is 1.84 bits per heavy atom. The summed E-state index contributed by atoms with van der Waals surface area (Å²) in [6.45, 7) is 6.11. The maximum Gasteiger partial charge on any atom is 0.252 e. The standard InChI is InChI=1S/C33H41N5O4S/c1-23(24-8-3-2-4-9-24)34-33(41)31-25-10-5-6-11-27(25)35-32(28-12-7-19-43-28)26(31)20-36-13-14-38(29(39)21-36)22-30(40)37-15-17-42-18-16-37/h5-7,10-12,19,23-24H,2-4,8-9,13-18,20-22H2,1H3,(H,34,41). The van der Waals surface area contributed by atoms with Gasteiger partial charge in [-0.1, -0.05) is 43.5 Å². The van der Waals surface area contributed by atoms with E-state index in [2.05, 4.69) is 17.1 Å². The molecule has 3 fully saturated rings. The third kappa shape index (κ3) is 6.76. The molecular formula is C33H41N5O4S. The second-order valence-corrected chi connectivity index (χ2v) is 12.9. The molecule has 9 nitrogen and oxygen atoms in total. The minimum absolute atomic E-state index is 0.0325. The number of ether oxygens (including phenoxy) is 1. The fraction of sp³-hybridized carbons (Fsp3) is 0.515.